The summed E-state index contributed by atoms with van der Waals surface area (Å²) in [4.78, 5) is 4.23. The molecule has 0 bridgehead atoms. The molecule has 2 N–H and O–H groups in total. The lowest BCUT2D eigenvalue weighted by Crippen LogP contribution is -2.25. The van der Waals surface area contributed by atoms with Crippen LogP contribution in [0.25, 0.3) is 0 Å². The van der Waals surface area contributed by atoms with E-state index < -0.39 is 0 Å². The highest BCUT2D eigenvalue weighted by Gasteiger charge is 2.03. The number of nitrogens with zero attached hydrogens (tertiary/aromatic N) is 2. The van der Waals surface area contributed by atoms with Gasteiger partial charge in [0.2, 0.25) is 0 Å². The van der Waals surface area contributed by atoms with E-state index in [1.807, 2.05) is 37.3 Å². The summed E-state index contributed by atoms with van der Waals surface area (Å²) in [6.45, 7) is 6.01. The molecule has 21 heavy (non-hydrogen) atoms. The number of pyridine rings is 1. The lowest BCUT2D eigenvalue weighted by molar-refractivity contribution is 1.03. The SMILES string of the molecule is C/C(=N\NC(=S)Nc1cccc(C)c1C)c1ccccn1. The normalized spacial score (nSPS) is 11.1. The van der Waals surface area contributed by atoms with Gasteiger partial charge in [0.05, 0.1) is 11.4 Å². The van der Waals surface area contributed by atoms with Crippen LogP contribution in [0, 0.1) is 13.8 Å². The largest absolute Gasteiger partial charge is 0.331 e. The molecule has 0 aliphatic carbocycles. The predicted octanol–water partition coefficient (Wildman–Crippen LogP) is 3.41. The van der Waals surface area contributed by atoms with Gasteiger partial charge in [0.25, 0.3) is 0 Å². The van der Waals surface area contributed by atoms with E-state index in [-0.39, 0.29) is 0 Å². The standard InChI is InChI=1S/C16H18N4S/c1-11-7-6-9-14(12(11)2)18-16(21)20-19-13(3)15-8-4-5-10-17-15/h4-10H,1-3H3,(H2,18,20,21)/b19-13+. The third-order valence-electron chi connectivity index (χ3n) is 3.21. The molecule has 0 amide bonds. The molecule has 1 aromatic carbocycles. The van der Waals surface area contributed by atoms with Gasteiger partial charge >= 0.3 is 0 Å². The Morgan fingerprint density at radius 3 is 2.67 bits per heavy atom. The topological polar surface area (TPSA) is 49.3 Å². The van der Waals surface area contributed by atoms with Gasteiger partial charge in [-0.2, -0.15) is 5.10 Å². The van der Waals surface area contributed by atoms with E-state index >= 15 is 0 Å². The maximum atomic E-state index is 5.26. The first kappa shape index (κ1) is 15.1. The Morgan fingerprint density at radius 2 is 1.95 bits per heavy atom. The van der Waals surface area contributed by atoms with Gasteiger partial charge in [0.1, 0.15) is 0 Å². The molecule has 4 nitrogen and oxygen atoms in total. The van der Waals surface area contributed by atoms with Gasteiger partial charge in [-0.3, -0.25) is 10.4 Å². The van der Waals surface area contributed by atoms with E-state index in [0.29, 0.717) is 5.11 Å². The van der Waals surface area contributed by atoms with Crippen LogP contribution in [0.1, 0.15) is 23.7 Å². The summed E-state index contributed by atoms with van der Waals surface area (Å²) in [5.74, 6) is 0. The molecule has 0 saturated carbocycles. The number of hydrazone groups is 1. The van der Waals surface area contributed by atoms with Crippen molar-refractivity contribution in [2.24, 2.45) is 5.10 Å². The summed E-state index contributed by atoms with van der Waals surface area (Å²) in [5, 5.41) is 7.85. The molecular formula is C16H18N4S. The highest BCUT2D eigenvalue weighted by molar-refractivity contribution is 7.80. The molecule has 1 heterocycles. The summed E-state index contributed by atoms with van der Waals surface area (Å²) in [6.07, 6.45) is 1.74. The van der Waals surface area contributed by atoms with Gasteiger partial charge in [-0.05, 0) is 62.3 Å². The second-order valence-electron chi connectivity index (χ2n) is 4.73. The maximum absolute atomic E-state index is 5.26. The molecule has 0 aliphatic heterocycles. The van der Waals surface area contributed by atoms with Gasteiger partial charge in [0.15, 0.2) is 5.11 Å². The van der Waals surface area contributed by atoms with E-state index in [0.717, 1.165) is 17.1 Å². The molecule has 0 unspecified atom stereocenters. The van der Waals surface area contributed by atoms with Gasteiger partial charge < -0.3 is 5.32 Å². The van der Waals surface area contributed by atoms with Crippen LogP contribution < -0.4 is 10.7 Å². The number of hydrogen-bond donors (Lipinski definition) is 2. The predicted molar refractivity (Wildman–Crippen MR) is 91.7 cm³/mol. The fraction of sp³-hybridized carbons (Fsp3) is 0.188. The number of nitrogens with one attached hydrogen (secondary N) is 2. The molecule has 1 aromatic heterocycles. The van der Waals surface area contributed by atoms with E-state index in [1.54, 1.807) is 6.20 Å². The number of aromatic nitrogens is 1. The molecule has 0 radical (unpaired) electrons. The Bertz CT molecular complexity index is 665. The van der Waals surface area contributed by atoms with Crippen LogP contribution in [0.2, 0.25) is 0 Å². The minimum Gasteiger partial charge on any atom is -0.331 e. The smallest absolute Gasteiger partial charge is 0.191 e. The second-order valence-corrected chi connectivity index (χ2v) is 5.13. The number of aryl methyl sites for hydroxylation is 1. The third-order valence-corrected chi connectivity index (χ3v) is 3.41. The highest BCUT2D eigenvalue weighted by atomic mass is 32.1. The van der Waals surface area contributed by atoms with Crippen LogP contribution in [0.4, 0.5) is 5.69 Å². The molecule has 0 atom stereocenters. The molecule has 2 rings (SSSR count). The van der Waals surface area contributed by atoms with Crippen molar-refractivity contribution in [3.8, 4) is 0 Å². The average molecular weight is 298 g/mol. The lowest BCUT2D eigenvalue weighted by atomic mass is 10.1. The van der Waals surface area contributed by atoms with Crippen molar-refractivity contribution in [3.05, 3.63) is 59.4 Å². The van der Waals surface area contributed by atoms with Crippen LogP contribution in [0.15, 0.2) is 47.7 Å². The van der Waals surface area contributed by atoms with Gasteiger partial charge in [-0.25, -0.2) is 0 Å². The summed E-state index contributed by atoms with van der Waals surface area (Å²) in [7, 11) is 0. The Morgan fingerprint density at radius 1 is 1.14 bits per heavy atom. The summed E-state index contributed by atoms with van der Waals surface area (Å²) >= 11 is 5.26. The Kier molecular flexibility index (Phi) is 5.00. The fourth-order valence-electron chi connectivity index (χ4n) is 1.81. The van der Waals surface area contributed by atoms with Gasteiger partial charge in [0, 0.05) is 11.9 Å². The number of anilines is 1. The lowest BCUT2D eigenvalue weighted by Gasteiger charge is -2.12. The molecule has 0 spiro atoms. The van der Waals surface area contributed by atoms with Crippen LogP contribution >= 0.6 is 12.2 Å². The van der Waals surface area contributed by atoms with Gasteiger partial charge in [-0.15, -0.1) is 0 Å². The number of hydrogen-bond acceptors (Lipinski definition) is 3. The Labute approximate surface area is 130 Å². The van der Waals surface area contributed by atoms with Crippen LogP contribution in [0.5, 0.6) is 0 Å². The summed E-state index contributed by atoms with van der Waals surface area (Å²) in [6, 6.07) is 11.8. The zero-order valence-electron chi connectivity index (χ0n) is 12.3. The molecule has 2 aromatic rings. The average Bonchev–Trinajstić information content (AvgIpc) is 2.50. The number of benzene rings is 1. The molecule has 0 aliphatic rings. The van der Waals surface area contributed by atoms with Crippen molar-refractivity contribution in [2.75, 3.05) is 5.32 Å². The monoisotopic (exact) mass is 298 g/mol. The highest BCUT2D eigenvalue weighted by Crippen LogP contribution is 2.17. The summed E-state index contributed by atoms with van der Waals surface area (Å²) < 4.78 is 0. The summed E-state index contributed by atoms with van der Waals surface area (Å²) in [5.41, 5.74) is 7.82. The molecule has 108 valence electrons. The number of rotatable bonds is 3. The molecular weight excluding hydrogens is 280 g/mol. The van der Waals surface area contributed by atoms with Crippen LogP contribution in [-0.4, -0.2) is 15.8 Å². The van der Waals surface area contributed by atoms with Crippen molar-refractivity contribution in [1.82, 2.24) is 10.4 Å². The first-order valence-electron chi connectivity index (χ1n) is 6.67. The molecule has 5 heteroatoms. The van der Waals surface area contributed by atoms with Crippen molar-refractivity contribution in [2.45, 2.75) is 20.8 Å². The minimum absolute atomic E-state index is 0.457. The minimum atomic E-state index is 0.457. The van der Waals surface area contributed by atoms with E-state index in [9.17, 15) is 0 Å². The number of thiocarbonyl (C=S) groups is 1. The van der Waals surface area contributed by atoms with E-state index in [1.165, 1.54) is 11.1 Å². The van der Waals surface area contributed by atoms with Crippen molar-refractivity contribution >= 4 is 28.7 Å². The second kappa shape index (κ2) is 6.95. The zero-order valence-corrected chi connectivity index (χ0v) is 13.2. The third kappa shape index (κ3) is 4.10. The maximum Gasteiger partial charge on any atom is 0.191 e. The fourth-order valence-corrected chi connectivity index (χ4v) is 1.96. The zero-order chi connectivity index (χ0) is 15.2. The van der Waals surface area contributed by atoms with Gasteiger partial charge in [-0.1, -0.05) is 18.2 Å². The first-order valence-corrected chi connectivity index (χ1v) is 7.07. The quantitative estimate of drug-likeness (QED) is 0.518. The van der Waals surface area contributed by atoms with Crippen LogP contribution in [0.3, 0.4) is 0 Å². The van der Waals surface area contributed by atoms with Crippen molar-refractivity contribution in [3.63, 3.8) is 0 Å². The van der Waals surface area contributed by atoms with E-state index in [2.05, 4.69) is 40.7 Å². The van der Waals surface area contributed by atoms with Crippen molar-refractivity contribution in [1.29, 1.82) is 0 Å². The Balaban J connectivity index is 2.01. The first-order chi connectivity index (χ1) is 10.1. The van der Waals surface area contributed by atoms with Crippen LogP contribution in [-0.2, 0) is 0 Å². The molecule has 0 saturated heterocycles. The van der Waals surface area contributed by atoms with Crippen molar-refractivity contribution < 1.29 is 0 Å². The Hall–Kier alpha value is -2.27. The molecule has 0 fully saturated rings. The van der Waals surface area contributed by atoms with E-state index in [4.69, 9.17) is 12.2 Å².